The Labute approximate surface area is 207 Å². The summed E-state index contributed by atoms with van der Waals surface area (Å²) < 4.78 is 85.8. The number of morpholine rings is 1. The lowest BCUT2D eigenvalue weighted by Gasteiger charge is -2.28. The van der Waals surface area contributed by atoms with Crippen LogP contribution in [0.2, 0.25) is 0 Å². The van der Waals surface area contributed by atoms with Gasteiger partial charge in [-0.05, 0) is 36.2 Å². The first kappa shape index (κ1) is 26.4. The molecule has 0 amide bonds. The summed E-state index contributed by atoms with van der Waals surface area (Å²) in [4.78, 5) is 22.9. The SMILES string of the molecule is Cc1ccccc1-c1nc(N2CCOCC2)nc(Cc2cc(C(F)(F)F)cc(C(F)(F)F)c2)c1C(=O)O. The number of anilines is 1. The molecule has 1 N–H and O–H groups in total. The van der Waals surface area contributed by atoms with E-state index in [1.165, 1.54) is 0 Å². The number of benzene rings is 2. The predicted molar refractivity (Wildman–Crippen MR) is 121 cm³/mol. The Morgan fingerprint density at radius 1 is 0.973 bits per heavy atom. The fourth-order valence-electron chi connectivity index (χ4n) is 4.10. The molecule has 1 aromatic heterocycles. The summed E-state index contributed by atoms with van der Waals surface area (Å²) in [5, 5.41) is 10.1. The number of hydrogen-bond acceptors (Lipinski definition) is 5. The standard InChI is InChI=1S/C25H21F6N3O3/c1-14-4-2-3-5-18(14)21-20(22(35)36)19(32-23(33-21)34-6-8-37-9-7-34)12-15-10-16(24(26,27)28)13-17(11-15)25(29,30)31/h2-5,10-11,13H,6-9,12H2,1H3,(H,35,36). The minimum atomic E-state index is -5.04. The molecule has 12 heteroatoms. The van der Waals surface area contributed by atoms with E-state index >= 15 is 0 Å². The molecule has 37 heavy (non-hydrogen) atoms. The Balaban J connectivity index is 1.93. The van der Waals surface area contributed by atoms with Crippen molar-refractivity contribution in [2.75, 3.05) is 31.2 Å². The number of carbonyl (C=O) groups is 1. The van der Waals surface area contributed by atoms with E-state index < -0.39 is 41.4 Å². The summed E-state index contributed by atoms with van der Waals surface area (Å²) in [5.74, 6) is -1.34. The summed E-state index contributed by atoms with van der Waals surface area (Å²) in [5.41, 5.74) is -2.79. The van der Waals surface area contributed by atoms with E-state index in [2.05, 4.69) is 9.97 Å². The Kier molecular flexibility index (Phi) is 7.13. The van der Waals surface area contributed by atoms with Gasteiger partial charge in [-0.2, -0.15) is 26.3 Å². The molecule has 0 bridgehead atoms. The number of hydrogen-bond donors (Lipinski definition) is 1. The van der Waals surface area contributed by atoms with Crippen molar-refractivity contribution in [2.24, 2.45) is 0 Å². The fourth-order valence-corrected chi connectivity index (χ4v) is 4.10. The minimum absolute atomic E-state index is 0.0273. The zero-order chi connectivity index (χ0) is 27.0. The highest BCUT2D eigenvalue weighted by molar-refractivity contribution is 5.96. The average molecular weight is 525 g/mol. The summed E-state index contributed by atoms with van der Waals surface area (Å²) in [6, 6.07) is 7.97. The number of carboxylic acid groups (broad SMARTS) is 1. The first-order chi connectivity index (χ1) is 17.3. The van der Waals surface area contributed by atoms with E-state index in [9.17, 15) is 36.2 Å². The van der Waals surface area contributed by atoms with Gasteiger partial charge in [0.2, 0.25) is 5.95 Å². The lowest BCUT2D eigenvalue weighted by atomic mass is 9.96. The molecule has 0 saturated carbocycles. The quantitative estimate of drug-likeness (QED) is 0.436. The molecule has 4 rings (SSSR count). The minimum Gasteiger partial charge on any atom is -0.478 e. The summed E-state index contributed by atoms with van der Waals surface area (Å²) in [6.45, 7) is 3.19. The van der Waals surface area contributed by atoms with Crippen LogP contribution in [0.1, 0.15) is 38.3 Å². The molecule has 0 aliphatic carbocycles. The predicted octanol–water partition coefficient (Wildman–Crippen LogP) is 5.62. The lowest BCUT2D eigenvalue weighted by molar-refractivity contribution is -0.143. The molecule has 0 radical (unpaired) electrons. The summed E-state index contributed by atoms with van der Waals surface area (Å²) in [7, 11) is 0. The van der Waals surface area contributed by atoms with E-state index in [1.807, 2.05) is 0 Å². The van der Waals surface area contributed by atoms with Gasteiger partial charge in [0.1, 0.15) is 5.56 Å². The van der Waals surface area contributed by atoms with Gasteiger partial charge < -0.3 is 14.7 Å². The van der Waals surface area contributed by atoms with Crippen molar-refractivity contribution in [2.45, 2.75) is 25.7 Å². The van der Waals surface area contributed by atoms with E-state index in [0.29, 0.717) is 49.6 Å². The van der Waals surface area contributed by atoms with Crippen LogP contribution in [-0.4, -0.2) is 47.3 Å². The number of carboxylic acids is 1. The van der Waals surface area contributed by atoms with Crippen LogP contribution in [0.3, 0.4) is 0 Å². The summed E-state index contributed by atoms with van der Waals surface area (Å²) >= 11 is 0. The summed E-state index contributed by atoms with van der Waals surface area (Å²) in [6.07, 6.45) is -10.7. The maximum Gasteiger partial charge on any atom is 0.416 e. The number of aryl methyl sites for hydroxylation is 1. The molecule has 0 unspecified atom stereocenters. The van der Waals surface area contributed by atoms with Gasteiger partial charge in [0.15, 0.2) is 0 Å². The van der Waals surface area contributed by atoms with E-state index in [1.54, 1.807) is 36.1 Å². The molecular formula is C25H21F6N3O3. The van der Waals surface area contributed by atoms with Gasteiger partial charge in [-0.3, -0.25) is 0 Å². The van der Waals surface area contributed by atoms with Crippen molar-refractivity contribution in [3.8, 4) is 11.3 Å². The molecule has 3 aromatic rings. The molecule has 196 valence electrons. The molecule has 1 aliphatic heterocycles. The maximum atomic E-state index is 13.4. The normalized spacial score (nSPS) is 14.6. The van der Waals surface area contributed by atoms with Gasteiger partial charge >= 0.3 is 18.3 Å². The Morgan fingerprint density at radius 2 is 1.57 bits per heavy atom. The Morgan fingerprint density at radius 3 is 2.11 bits per heavy atom. The maximum absolute atomic E-state index is 13.4. The third kappa shape index (κ3) is 5.85. The third-order valence-electron chi connectivity index (χ3n) is 5.90. The first-order valence-electron chi connectivity index (χ1n) is 11.2. The molecule has 2 heterocycles. The van der Waals surface area contributed by atoms with Crippen molar-refractivity contribution in [1.82, 2.24) is 9.97 Å². The Bertz CT molecular complexity index is 1290. The number of rotatable bonds is 5. The lowest BCUT2D eigenvalue weighted by Crippen LogP contribution is -2.37. The molecule has 0 atom stereocenters. The topological polar surface area (TPSA) is 75.5 Å². The van der Waals surface area contributed by atoms with Crippen LogP contribution in [0.4, 0.5) is 32.3 Å². The van der Waals surface area contributed by atoms with Gasteiger partial charge in [0.05, 0.1) is 35.7 Å². The van der Waals surface area contributed by atoms with Gasteiger partial charge in [-0.25, -0.2) is 14.8 Å². The van der Waals surface area contributed by atoms with Crippen LogP contribution < -0.4 is 4.90 Å². The van der Waals surface area contributed by atoms with Gasteiger partial charge in [0, 0.05) is 25.1 Å². The number of nitrogens with zero attached hydrogens (tertiary/aromatic N) is 3. The number of ether oxygens (including phenoxy) is 1. The molecule has 6 nitrogen and oxygen atoms in total. The molecule has 1 saturated heterocycles. The highest BCUT2D eigenvalue weighted by Crippen LogP contribution is 2.37. The van der Waals surface area contributed by atoms with Crippen molar-refractivity contribution < 1.29 is 41.0 Å². The van der Waals surface area contributed by atoms with Crippen LogP contribution in [-0.2, 0) is 23.5 Å². The van der Waals surface area contributed by atoms with E-state index in [-0.39, 0.29) is 29.0 Å². The fraction of sp³-hybridized carbons (Fsp3) is 0.320. The second kappa shape index (κ2) is 10.0. The largest absolute Gasteiger partial charge is 0.478 e. The number of aromatic nitrogens is 2. The van der Waals surface area contributed by atoms with Crippen LogP contribution in [0.15, 0.2) is 42.5 Å². The molecule has 1 aliphatic rings. The van der Waals surface area contributed by atoms with Gasteiger partial charge in [0.25, 0.3) is 0 Å². The second-order valence-electron chi connectivity index (χ2n) is 8.50. The average Bonchev–Trinajstić information content (AvgIpc) is 2.83. The smallest absolute Gasteiger partial charge is 0.416 e. The van der Waals surface area contributed by atoms with Crippen molar-refractivity contribution in [3.05, 3.63) is 76.0 Å². The van der Waals surface area contributed by atoms with E-state index in [0.717, 1.165) is 0 Å². The van der Waals surface area contributed by atoms with Crippen LogP contribution in [0.25, 0.3) is 11.3 Å². The first-order valence-corrected chi connectivity index (χ1v) is 11.2. The molecule has 1 fully saturated rings. The molecule has 2 aromatic carbocycles. The Hall–Kier alpha value is -3.67. The van der Waals surface area contributed by atoms with Crippen LogP contribution in [0.5, 0.6) is 0 Å². The molecular weight excluding hydrogens is 504 g/mol. The second-order valence-corrected chi connectivity index (χ2v) is 8.50. The zero-order valence-corrected chi connectivity index (χ0v) is 19.5. The number of aromatic carboxylic acids is 1. The van der Waals surface area contributed by atoms with Crippen molar-refractivity contribution in [3.63, 3.8) is 0 Å². The van der Waals surface area contributed by atoms with Crippen molar-refractivity contribution in [1.29, 1.82) is 0 Å². The van der Waals surface area contributed by atoms with Crippen LogP contribution >= 0.6 is 0 Å². The highest BCUT2D eigenvalue weighted by Gasteiger charge is 2.37. The number of halogens is 6. The van der Waals surface area contributed by atoms with E-state index in [4.69, 9.17) is 4.74 Å². The third-order valence-corrected chi connectivity index (χ3v) is 5.90. The molecule has 0 spiro atoms. The van der Waals surface area contributed by atoms with Crippen molar-refractivity contribution >= 4 is 11.9 Å². The monoisotopic (exact) mass is 525 g/mol. The van der Waals surface area contributed by atoms with Gasteiger partial charge in [-0.1, -0.05) is 24.3 Å². The van der Waals surface area contributed by atoms with Crippen LogP contribution in [0, 0.1) is 6.92 Å². The van der Waals surface area contributed by atoms with Gasteiger partial charge in [-0.15, -0.1) is 0 Å². The highest BCUT2D eigenvalue weighted by atomic mass is 19.4. The number of alkyl halides is 6. The zero-order valence-electron chi connectivity index (χ0n) is 19.5.